The Labute approximate surface area is 179 Å². The van der Waals surface area contributed by atoms with Crippen molar-refractivity contribution in [1.82, 2.24) is 10.1 Å². The summed E-state index contributed by atoms with van der Waals surface area (Å²) in [5, 5.41) is 5.28. The van der Waals surface area contributed by atoms with Crippen LogP contribution in [0.4, 0.5) is 5.69 Å². The topological polar surface area (TPSA) is 83.1 Å². The van der Waals surface area contributed by atoms with E-state index in [4.69, 9.17) is 9.52 Å². The minimum Gasteiger partial charge on any atom is -0.460 e. The molecule has 0 saturated carbocycles. The zero-order chi connectivity index (χ0) is 21.1. The molecule has 0 bridgehead atoms. The number of benzene rings is 1. The van der Waals surface area contributed by atoms with Gasteiger partial charge in [-0.2, -0.15) is 0 Å². The number of hydrogen-bond donors (Lipinski definition) is 1. The lowest BCUT2D eigenvalue weighted by molar-refractivity contribution is -0.764. The number of aromatic amines is 1. The zero-order valence-corrected chi connectivity index (χ0v) is 17.9. The van der Waals surface area contributed by atoms with Crippen molar-refractivity contribution in [2.75, 3.05) is 10.7 Å². The number of carbonyl (C=O) groups excluding carboxylic acids is 1. The molecule has 0 aliphatic carbocycles. The molecule has 1 N–H and O–H groups in total. The summed E-state index contributed by atoms with van der Waals surface area (Å²) in [6.45, 7) is 4.10. The number of thioether (sulfide) groups is 1. The van der Waals surface area contributed by atoms with Crippen molar-refractivity contribution in [3.63, 3.8) is 0 Å². The molecule has 1 amide bonds. The molecule has 1 aromatic carbocycles. The van der Waals surface area contributed by atoms with E-state index in [1.165, 1.54) is 11.8 Å². The van der Waals surface area contributed by atoms with Gasteiger partial charge in [-0.25, -0.2) is 4.90 Å². The molecule has 1 aliphatic rings. The fraction of sp³-hybridized carbons (Fsp3) is 0.364. The number of furan rings is 1. The molecule has 2 aromatic heterocycles. The number of nitrogens with zero attached hydrogens (tertiary/aromatic N) is 3. The number of aromatic nitrogens is 3. The van der Waals surface area contributed by atoms with Crippen LogP contribution in [0.1, 0.15) is 51.5 Å². The van der Waals surface area contributed by atoms with Crippen molar-refractivity contribution in [2.45, 2.75) is 50.9 Å². The Bertz CT molecular complexity index is 1090. The second kappa shape index (κ2) is 8.87. The molecule has 0 spiro atoms. The van der Waals surface area contributed by atoms with E-state index in [0.717, 1.165) is 25.0 Å². The minimum atomic E-state index is -0.656. The Balaban J connectivity index is 1.94. The predicted molar refractivity (Wildman–Crippen MR) is 115 cm³/mol. The number of fused-ring (bicyclic) bond motifs is 3. The summed E-state index contributed by atoms with van der Waals surface area (Å²) in [4.78, 5) is 31.0. The number of anilines is 1. The summed E-state index contributed by atoms with van der Waals surface area (Å²) in [6, 6.07) is 11.0. The average molecular weight is 426 g/mol. The maximum absolute atomic E-state index is 13.2. The fourth-order valence-corrected chi connectivity index (χ4v) is 4.59. The van der Waals surface area contributed by atoms with Crippen LogP contribution in [0.2, 0.25) is 0 Å². The van der Waals surface area contributed by atoms with E-state index in [2.05, 4.69) is 11.9 Å². The van der Waals surface area contributed by atoms with Gasteiger partial charge < -0.3 is 4.42 Å². The van der Waals surface area contributed by atoms with Crippen molar-refractivity contribution >= 4 is 23.4 Å². The number of para-hydroxylation sites is 1. The summed E-state index contributed by atoms with van der Waals surface area (Å²) in [6.07, 6.45) is 4.13. The smallest absolute Gasteiger partial charge is 0.325 e. The number of unbranched alkanes of at least 4 members (excludes halogenated alkanes) is 1. The van der Waals surface area contributed by atoms with Gasteiger partial charge in [0.25, 0.3) is 0 Å². The Morgan fingerprint density at radius 3 is 2.80 bits per heavy atom. The van der Waals surface area contributed by atoms with Crippen LogP contribution in [0.5, 0.6) is 0 Å². The lowest BCUT2D eigenvalue weighted by atomic mass is 10.0. The van der Waals surface area contributed by atoms with Gasteiger partial charge in [0, 0.05) is 17.3 Å². The monoisotopic (exact) mass is 425 g/mol. The van der Waals surface area contributed by atoms with Crippen LogP contribution in [0.15, 0.2) is 57.0 Å². The molecule has 3 aromatic rings. The first-order chi connectivity index (χ1) is 14.7. The van der Waals surface area contributed by atoms with E-state index in [1.54, 1.807) is 21.9 Å². The van der Waals surface area contributed by atoms with E-state index in [0.29, 0.717) is 34.3 Å². The SMILES string of the molecule is CCCCSc1n[n+]2c(c(=O)[nH]1)-c1ccccc1N(C(=O)CCC)C2c1ccco1. The molecule has 3 heterocycles. The van der Waals surface area contributed by atoms with Crippen molar-refractivity contribution in [2.24, 2.45) is 0 Å². The predicted octanol–water partition coefficient (Wildman–Crippen LogP) is 3.90. The Hall–Kier alpha value is -2.87. The number of carbonyl (C=O) groups is 1. The molecule has 1 unspecified atom stereocenters. The highest BCUT2D eigenvalue weighted by Gasteiger charge is 2.46. The highest BCUT2D eigenvalue weighted by Crippen LogP contribution is 2.37. The first kappa shape index (κ1) is 20.4. The van der Waals surface area contributed by atoms with E-state index in [-0.39, 0.29) is 11.5 Å². The quantitative estimate of drug-likeness (QED) is 0.353. The molecule has 156 valence electrons. The minimum absolute atomic E-state index is 0.0354. The average Bonchev–Trinajstić information content (AvgIpc) is 3.27. The number of nitrogens with one attached hydrogen (secondary N) is 1. The van der Waals surface area contributed by atoms with E-state index >= 15 is 0 Å². The second-order valence-corrected chi connectivity index (χ2v) is 8.26. The molecule has 1 aliphatic heterocycles. The van der Waals surface area contributed by atoms with Crippen LogP contribution < -0.4 is 15.1 Å². The van der Waals surface area contributed by atoms with E-state index in [1.807, 2.05) is 37.3 Å². The maximum Gasteiger partial charge on any atom is 0.325 e. The molecule has 0 fully saturated rings. The van der Waals surface area contributed by atoms with Crippen LogP contribution in [0, 0.1) is 0 Å². The highest BCUT2D eigenvalue weighted by atomic mass is 32.2. The summed E-state index contributed by atoms with van der Waals surface area (Å²) in [5.41, 5.74) is 1.57. The normalized spacial score (nSPS) is 15.0. The Morgan fingerprint density at radius 2 is 2.07 bits per heavy atom. The third-order valence-corrected chi connectivity index (χ3v) is 5.97. The maximum atomic E-state index is 13.2. The summed E-state index contributed by atoms with van der Waals surface area (Å²) >= 11 is 1.51. The Kier molecular flexibility index (Phi) is 6.03. The fourth-order valence-electron chi connectivity index (χ4n) is 3.65. The number of H-pyrrole nitrogens is 1. The van der Waals surface area contributed by atoms with Gasteiger partial charge in [-0.15, -0.1) is 0 Å². The lowest BCUT2D eigenvalue weighted by Gasteiger charge is -2.30. The van der Waals surface area contributed by atoms with Crippen LogP contribution >= 0.6 is 11.8 Å². The van der Waals surface area contributed by atoms with Gasteiger partial charge in [-0.3, -0.25) is 14.6 Å². The van der Waals surface area contributed by atoms with Crippen LogP contribution in [-0.2, 0) is 4.79 Å². The molecule has 8 heteroatoms. The Morgan fingerprint density at radius 1 is 1.23 bits per heavy atom. The standard InChI is InChI=1S/C22H24N4O3S/c1-3-5-14-30-22-23-20(28)19-15-10-6-7-11-16(15)25(18(27)9-4-2)21(26(19)24-22)17-12-8-13-29-17/h6-8,10-13,21H,3-5,9,14H2,1-2H3/p+1. The molecule has 0 saturated heterocycles. The summed E-state index contributed by atoms with van der Waals surface area (Å²) in [7, 11) is 0. The van der Waals surface area contributed by atoms with E-state index < -0.39 is 6.17 Å². The highest BCUT2D eigenvalue weighted by molar-refractivity contribution is 7.99. The van der Waals surface area contributed by atoms with Gasteiger partial charge in [0.2, 0.25) is 11.1 Å². The number of amides is 1. The summed E-state index contributed by atoms with van der Waals surface area (Å²) < 4.78 is 7.35. The molecular weight excluding hydrogens is 400 g/mol. The third-order valence-electron chi connectivity index (χ3n) is 5.03. The van der Waals surface area contributed by atoms with Crippen molar-refractivity contribution in [1.29, 1.82) is 0 Å². The van der Waals surface area contributed by atoms with Gasteiger partial charge in [-0.05, 0) is 41.8 Å². The van der Waals surface area contributed by atoms with Gasteiger partial charge in [0.1, 0.15) is 0 Å². The first-order valence-electron chi connectivity index (χ1n) is 10.3. The molecular formula is C22H25N4O3S+. The number of rotatable bonds is 7. The zero-order valence-electron chi connectivity index (χ0n) is 17.1. The number of hydrogen-bond acceptors (Lipinski definition) is 5. The van der Waals surface area contributed by atoms with E-state index in [9.17, 15) is 9.59 Å². The van der Waals surface area contributed by atoms with Gasteiger partial charge in [0.15, 0.2) is 5.76 Å². The lowest BCUT2D eigenvalue weighted by Crippen LogP contribution is -2.60. The molecule has 7 nitrogen and oxygen atoms in total. The van der Waals surface area contributed by atoms with Crippen molar-refractivity contribution in [3.8, 4) is 11.3 Å². The first-order valence-corrected chi connectivity index (χ1v) is 11.3. The van der Waals surface area contributed by atoms with Crippen molar-refractivity contribution in [3.05, 3.63) is 58.8 Å². The third kappa shape index (κ3) is 3.67. The van der Waals surface area contributed by atoms with Crippen LogP contribution in [0.25, 0.3) is 11.3 Å². The molecule has 1 atom stereocenters. The second-order valence-electron chi connectivity index (χ2n) is 7.17. The largest absolute Gasteiger partial charge is 0.460 e. The molecule has 0 radical (unpaired) electrons. The van der Waals surface area contributed by atoms with Crippen LogP contribution in [-0.4, -0.2) is 21.7 Å². The van der Waals surface area contributed by atoms with Crippen LogP contribution in [0.3, 0.4) is 0 Å². The molecule has 30 heavy (non-hydrogen) atoms. The van der Waals surface area contributed by atoms with Gasteiger partial charge in [-0.1, -0.05) is 44.2 Å². The van der Waals surface area contributed by atoms with Gasteiger partial charge >= 0.3 is 17.4 Å². The summed E-state index contributed by atoms with van der Waals surface area (Å²) in [5.74, 6) is 1.38. The van der Waals surface area contributed by atoms with Crippen molar-refractivity contribution < 1.29 is 13.9 Å². The molecule has 4 rings (SSSR count). The van der Waals surface area contributed by atoms with Gasteiger partial charge in [0.05, 0.1) is 17.5 Å².